The fraction of sp³-hybridized carbons (Fsp3) is 0.148. The van der Waals surface area contributed by atoms with Crippen LogP contribution >= 0.6 is 22.9 Å². The minimum Gasteiger partial charge on any atom is -0.463 e. The molecule has 10 heteroatoms. The molecule has 0 amide bonds. The smallest absolute Gasteiger partial charge is 0.338 e. The molecule has 0 radical (unpaired) electrons. The van der Waals surface area contributed by atoms with Crippen LogP contribution in [0.5, 0.6) is 0 Å². The van der Waals surface area contributed by atoms with Crippen molar-refractivity contribution in [2.75, 3.05) is 6.61 Å². The Morgan fingerprint density at radius 2 is 1.97 bits per heavy atom. The van der Waals surface area contributed by atoms with Crippen LogP contribution in [0.15, 0.2) is 81.7 Å². The summed E-state index contributed by atoms with van der Waals surface area (Å²) >= 11 is 7.42. The molecule has 0 saturated heterocycles. The second kappa shape index (κ2) is 9.76. The number of non-ortho nitro benzene ring substituents is 1. The van der Waals surface area contributed by atoms with Gasteiger partial charge in [0.25, 0.3) is 11.2 Å². The number of nitrogens with zero attached hydrogens (tertiary/aromatic N) is 3. The predicted molar refractivity (Wildman–Crippen MR) is 142 cm³/mol. The second-order valence-electron chi connectivity index (χ2n) is 8.33. The maximum Gasteiger partial charge on any atom is 0.338 e. The van der Waals surface area contributed by atoms with Gasteiger partial charge in [0.1, 0.15) is 0 Å². The summed E-state index contributed by atoms with van der Waals surface area (Å²) in [5.41, 5.74) is 1.31. The molecule has 37 heavy (non-hydrogen) atoms. The summed E-state index contributed by atoms with van der Waals surface area (Å²) in [4.78, 5) is 42.7. The van der Waals surface area contributed by atoms with Gasteiger partial charge < -0.3 is 4.74 Å². The number of thiazole rings is 1. The van der Waals surface area contributed by atoms with Crippen molar-refractivity contribution < 1.29 is 14.5 Å². The molecule has 0 aliphatic carbocycles. The van der Waals surface area contributed by atoms with Crippen molar-refractivity contribution in [3.63, 3.8) is 0 Å². The van der Waals surface area contributed by atoms with Crippen LogP contribution in [0.1, 0.15) is 31.0 Å². The summed E-state index contributed by atoms with van der Waals surface area (Å²) in [6.45, 7) is 3.62. The molecule has 8 nitrogen and oxygen atoms in total. The summed E-state index contributed by atoms with van der Waals surface area (Å²) in [5, 5.41) is 13.4. The molecule has 2 heterocycles. The first-order valence-corrected chi connectivity index (χ1v) is 12.6. The van der Waals surface area contributed by atoms with Crippen molar-refractivity contribution in [3.05, 3.63) is 118 Å². The van der Waals surface area contributed by atoms with Gasteiger partial charge in [0.2, 0.25) is 0 Å². The number of aromatic nitrogens is 1. The lowest BCUT2D eigenvalue weighted by Gasteiger charge is -2.25. The average Bonchev–Trinajstić information content (AvgIpc) is 3.18. The van der Waals surface area contributed by atoms with Crippen molar-refractivity contribution >= 4 is 51.4 Å². The Morgan fingerprint density at radius 1 is 1.22 bits per heavy atom. The van der Waals surface area contributed by atoms with E-state index in [0.717, 1.165) is 27.7 Å². The van der Waals surface area contributed by atoms with Crippen LogP contribution in [0.2, 0.25) is 5.02 Å². The van der Waals surface area contributed by atoms with E-state index in [1.54, 1.807) is 13.8 Å². The van der Waals surface area contributed by atoms with Gasteiger partial charge in [0.05, 0.1) is 33.4 Å². The van der Waals surface area contributed by atoms with Gasteiger partial charge in [-0.1, -0.05) is 65.4 Å². The van der Waals surface area contributed by atoms with E-state index in [1.807, 2.05) is 42.5 Å². The third kappa shape index (κ3) is 4.36. The first-order chi connectivity index (χ1) is 17.8. The number of fused-ring (bicyclic) bond motifs is 2. The Morgan fingerprint density at radius 3 is 2.73 bits per heavy atom. The van der Waals surface area contributed by atoms with Gasteiger partial charge in [-0.2, -0.15) is 0 Å². The van der Waals surface area contributed by atoms with Crippen LogP contribution in [0.3, 0.4) is 0 Å². The van der Waals surface area contributed by atoms with E-state index >= 15 is 0 Å². The van der Waals surface area contributed by atoms with Crippen LogP contribution in [-0.4, -0.2) is 22.1 Å². The number of carbonyl (C=O) groups is 1. The highest BCUT2D eigenvalue weighted by molar-refractivity contribution is 7.07. The molecular formula is C27H20ClN3O5S. The van der Waals surface area contributed by atoms with Gasteiger partial charge in [-0.3, -0.25) is 19.5 Å². The van der Waals surface area contributed by atoms with Gasteiger partial charge in [0, 0.05) is 22.7 Å². The molecule has 1 aromatic heterocycles. The number of ether oxygens (including phenoxy) is 1. The number of esters is 1. The number of carbonyl (C=O) groups excluding carboxylic acids is 1. The molecule has 0 unspecified atom stereocenters. The Bertz CT molecular complexity index is 1800. The lowest BCUT2D eigenvalue weighted by Crippen LogP contribution is -2.40. The quantitative estimate of drug-likeness (QED) is 0.213. The van der Waals surface area contributed by atoms with Gasteiger partial charge in [0.15, 0.2) is 4.80 Å². The number of rotatable bonds is 5. The molecule has 0 saturated carbocycles. The third-order valence-corrected chi connectivity index (χ3v) is 7.44. The normalized spacial score (nSPS) is 15.4. The molecule has 3 aromatic carbocycles. The van der Waals surface area contributed by atoms with Crippen molar-refractivity contribution in [2.24, 2.45) is 4.99 Å². The molecule has 0 N–H and O–H groups in total. The minimum atomic E-state index is -0.774. The van der Waals surface area contributed by atoms with Gasteiger partial charge in [-0.15, -0.1) is 0 Å². The van der Waals surface area contributed by atoms with E-state index < -0.39 is 22.5 Å². The lowest BCUT2D eigenvalue weighted by molar-refractivity contribution is -0.384. The van der Waals surface area contributed by atoms with Gasteiger partial charge in [-0.05, 0) is 42.3 Å². The molecule has 0 spiro atoms. The molecule has 5 rings (SSSR count). The molecule has 1 aliphatic heterocycles. The van der Waals surface area contributed by atoms with Crippen LogP contribution < -0.4 is 14.9 Å². The number of allylic oxidation sites excluding steroid dienone is 1. The number of nitro benzene ring substituents is 1. The largest absolute Gasteiger partial charge is 0.463 e. The second-order valence-corrected chi connectivity index (χ2v) is 9.75. The topological polar surface area (TPSA) is 104 Å². The average molecular weight is 534 g/mol. The van der Waals surface area contributed by atoms with Crippen molar-refractivity contribution in [1.82, 2.24) is 4.57 Å². The summed E-state index contributed by atoms with van der Waals surface area (Å²) < 4.78 is 7.14. The first kappa shape index (κ1) is 24.6. The zero-order chi connectivity index (χ0) is 26.3. The van der Waals surface area contributed by atoms with E-state index in [0.29, 0.717) is 16.1 Å². The van der Waals surface area contributed by atoms with Crippen molar-refractivity contribution in [1.29, 1.82) is 0 Å². The molecule has 186 valence electrons. The fourth-order valence-corrected chi connectivity index (χ4v) is 5.68. The van der Waals surface area contributed by atoms with Gasteiger partial charge in [-0.25, -0.2) is 9.79 Å². The number of benzene rings is 3. The number of hydrogen-bond acceptors (Lipinski definition) is 7. The van der Waals surface area contributed by atoms with Gasteiger partial charge >= 0.3 is 5.97 Å². The standard InChI is InChI=1S/C27H20ClN3O5S/c1-3-36-26(33)23-15(2)29-27-30(24(23)20-10-6-8-16-7-4-5-9-19(16)20)25(32)22(37-27)14-17-13-18(31(34)35)11-12-21(17)28/h4-14,24H,3H2,1-2H3/b22-14-/t24-/m1/s1. The molecule has 0 fully saturated rings. The summed E-state index contributed by atoms with van der Waals surface area (Å²) in [6, 6.07) is 16.7. The maximum absolute atomic E-state index is 13.8. The Kier molecular flexibility index (Phi) is 6.49. The van der Waals surface area contributed by atoms with Crippen LogP contribution in [0.4, 0.5) is 5.69 Å². The zero-order valence-electron chi connectivity index (χ0n) is 19.8. The fourth-order valence-electron chi connectivity index (χ4n) is 4.47. The van der Waals surface area contributed by atoms with E-state index in [4.69, 9.17) is 16.3 Å². The number of halogens is 1. The van der Waals surface area contributed by atoms with Crippen molar-refractivity contribution in [3.8, 4) is 0 Å². The minimum absolute atomic E-state index is 0.141. The first-order valence-electron chi connectivity index (χ1n) is 11.4. The van der Waals surface area contributed by atoms with Crippen LogP contribution in [0, 0.1) is 10.1 Å². The summed E-state index contributed by atoms with van der Waals surface area (Å²) in [7, 11) is 0. The molecule has 1 aliphatic rings. The van der Waals surface area contributed by atoms with E-state index in [-0.39, 0.29) is 27.4 Å². The Labute approximate surface area is 219 Å². The molecule has 4 aromatic rings. The van der Waals surface area contributed by atoms with E-state index in [1.165, 1.54) is 28.8 Å². The molecule has 0 bridgehead atoms. The number of hydrogen-bond donors (Lipinski definition) is 0. The third-order valence-electron chi connectivity index (χ3n) is 6.11. The summed E-state index contributed by atoms with van der Waals surface area (Å²) in [6.07, 6.45) is 1.52. The van der Waals surface area contributed by atoms with E-state index in [2.05, 4.69) is 4.99 Å². The predicted octanol–water partition coefficient (Wildman–Crippen LogP) is 4.51. The summed E-state index contributed by atoms with van der Waals surface area (Å²) in [5.74, 6) is -0.544. The monoisotopic (exact) mass is 533 g/mol. The van der Waals surface area contributed by atoms with E-state index in [9.17, 15) is 19.7 Å². The Balaban J connectivity index is 1.80. The highest BCUT2D eigenvalue weighted by Gasteiger charge is 2.34. The van der Waals surface area contributed by atoms with Crippen LogP contribution in [0.25, 0.3) is 16.8 Å². The zero-order valence-corrected chi connectivity index (χ0v) is 21.4. The number of nitro groups is 1. The SMILES string of the molecule is CCOC(=O)C1=C(C)N=c2s/c(=C\c3cc([N+](=O)[O-])ccc3Cl)c(=O)n2[C@@H]1c1cccc2ccccc12. The molecular weight excluding hydrogens is 514 g/mol. The Hall–Kier alpha value is -4.08. The maximum atomic E-state index is 13.8. The lowest BCUT2D eigenvalue weighted by atomic mass is 9.91. The van der Waals surface area contributed by atoms with Crippen LogP contribution in [-0.2, 0) is 9.53 Å². The highest BCUT2D eigenvalue weighted by atomic mass is 35.5. The van der Waals surface area contributed by atoms with Crippen molar-refractivity contribution in [2.45, 2.75) is 19.9 Å². The molecule has 1 atom stereocenters. The highest BCUT2D eigenvalue weighted by Crippen LogP contribution is 2.34.